The lowest BCUT2D eigenvalue weighted by Crippen LogP contribution is -2.42. The van der Waals surface area contributed by atoms with Crippen molar-refractivity contribution < 1.29 is 14.3 Å². The van der Waals surface area contributed by atoms with Crippen LogP contribution in [-0.4, -0.2) is 42.7 Å². The van der Waals surface area contributed by atoms with Gasteiger partial charge in [0.25, 0.3) is 0 Å². The predicted molar refractivity (Wildman–Crippen MR) is 82.9 cm³/mol. The number of carbonyl (C=O) groups excluding carboxylic acids is 1. The van der Waals surface area contributed by atoms with Crippen LogP contribution in [0.3, 0.4) is 0 Å². The normalized spacial score (nSPS) is 17.0. The molecule has 21 heavy (non-hydrogen) atoms. The van der Waals surface area contributed by atoms with Crippen molar-refractivity contribution in [1.82, 2.24) is 4.90 Å². The van der Waals surface area contributed by atoms with Crippen molar-refractivity contribution in [2.24, 2.45) is 0 Å². The lowest BCUT2D eigenvalue weighted by atomic mass is 10.1. The van der Waals surface area contributed by atoms with E-state index in [0.717, 1.165) is 22.8 Å². The Labute approximate surface area is 131 Å². The van der Waals surface area contributed by atoms with E-state index in [1.54, 1.807) is 0 Å². The van der Waals surface area contributed by atoms with E-state index in [9.17, 15) is 4.79 Å². The maximum atomic E-state index is 11.7. The van der Waals surface area contributed by atoms with Crippen molar-refractivity contribution >= 4 is 17.6 Å². The number of fused-ring (bicyclic) bond motifs is 1. The number of ether oxygens (including phenoxy) is 2. The Morgan fingerprint density at radius 3 is 2.95 bits per heavy atom. The van der Waals surface area contributed by atoms with E-state index in [2.05, 4.69) is 18.7 Å². The number of nitrogens with zero attached hydrogens (tertiary/aromatic N) is 1. The van der Waals surface area contributed by atoms with Gasteiger partial charge in [0, 0.05) is 24.0 Å². The molecule has 0 fully saturated rings. The third-order valence-corrected chi connectivity index (χ3v) is 3.80. The van der Waals surface area contributed by atoms with Crippen molar-refractivity contribution in [3.63, 3.8) is 0 Å². The lowest BCUT2D eigenvalue weighted by molar-refractivity contribution is -0.145. The minimum absolute atomic E-state index is 0.0512. The molecular formula is C16H22ClNO3. The Morgan fingerprint density at radius 2 is 2.29 bits per heavy atom. The molecule has 1 unspecified atom stereocenters. The average molecular weight is 312 g/mol. The van der Waals surface area contributed by atoms with E-state index in [4.69, 9.17) is 21.1 Å². The minimum Gasteiger partial charge on any atom is -0.488 e. The van der Waals surface area contributed by atoms with Gasteiger partial charge in [-0.1, -0.05) is 11.6 Å². The van der Waals surface area contributed by atoms with Crippen molar-refractivity contribution in [3.05, 3.63) is 28.8 Å². The molecule has 4 nitrogen and oxygen atoms in total. The van der Waals surface area contributed by atoms with Gasteiger partial charge in [0.2, 0.25) is 0 Å². The fraction of sp³-hybridized carbons (Fsp3) is 0.562. The van der Waals surface area contributed by atoms with Gasteiger partial charge in [-0.2, -0.15) is 0 Å². The molecule has 5 heteroatoms. The summed E-state index contributed by atoms with van der Waals surface area (Å²) in [4.78, 5) is 13.8. The first kappa shape index (κ1) is 16.1. The largest absolute Gasteiger partial charge is 0.488 e. The first-order chi connectivity index (χ1) is 9.99. The van der Waals surface area contributed by atoms with Crippen LogP contribution in [0.2, 0.25) is 5.02 Å². The number of esters is 1. The Bertz CT molecular complexity index is 504. The van der Waals surface area contributed by atoms with Crippen LogP contribution in [0.25, 0.3) is 0 Å². The monoisotopic (exact) mass is 311 g/mol. The molecule has 116 valence electrons. The number of benzene rings is 1. The van der Waals surface area contributed by atoms with Gasteiger partial charge < -0.3 is 9.47 Å². The molecule has 2 rings (SSSR count). The molecule has 0 radical (unpaired) electrons. The van der Waals surface area contributed by atoms with Gasteiger partial charge in [-0.15, -0.1) is 0 Å². The van der Waals surface area contributed by atoms with Crippen LogP contribution in [0.1, 0.15) is 26.3 Å². The molecule has 1 aliphatic rings. The number of hydrogen-bond acceptors (Lipinski definition) is 4. The van der Waals surface area contributed by atoms with Gasteiger partial charge in [0.05, 0.1) is 13.2 Å². The zero-order chi connectivity index (χ0) is 15.4. The van der Waals surface area contributed by atoms with Crippen molar-refractivity contribution in [3.8, 4) is 5.75 Å². The van der Waals surface area contributed by atoms with Gasteiger partial charge in [-0.25, -0.2) is 0 Å². The highest BCUT2D eigenvalue weighted by molar-refractivity contribution is 6.30. The zero-order valence-corrected chi connectivity index (χ0v) is 13.5. The van der Waals surface area contributed by atoms with Gasteiger partial charge in [0.1, 0.15) is 11.9 Å². The number of carbonyl (C=O) groups is 1. The second-order valence-corrected chi connectivity index (χ2v) is 5.96. The lowest BCUT2D eigenvalue weighted by Gasteiger charge is -2.27. The van der Waals surface area contributed by atoms with E-state index in [1.165, 1.54) is 0 Å². The third-order valence-electron chi connectivity index (χ3n) is 3.57. The maximum absolute atomic E-state index is 11.7. The van der Waals surface area contributed by atoms with E-state index in [1.807, 2.05) is 25.1 Å². The number of rotatable bonds is 6. The van der Waals surface area contributed by atoms with Crippen LogP contribution in [0.5, 0.6) is 5.75 Å². The van der Waals surface area contributed by atoms with Crippen LogP contribution < -0.4 is 4.74 Å². The average Bonchev–Trinajstić information content (AvgIpc) is 2.79. The fourth-order valence-electron chi connectivity index (χ4n) is 2.48. The fourth-order valence-corrected chi connectivity index (χ4v) is 2.68. The number of halogens is 1. The molecule has 1 aromatic rings. The van der Waals surface area contributed by atoms with Crippen LogP contribution in [0.15, 0.2) is 18.2 Å². The highest BCUT2D eigenvalue weighted by atomic mass is 35.5. The molecule has 0 amide bonds. The molecule has 1 heterocycles. The van der Waals surface area contributed by atoms with Crippen molar-refractivity contribution in [2.45, 2.75) is 39.3 Å². The Kier molecular flexibility index (Phi) is 5.48. The summed E-state index contributed by atoms with van der Waals surface area (Å²) < 4.78 is 11.0. The van der Waals surface area contributed by atoms with Crippen molar-refractivity contribution in [2.75, 3.05) is 19.7 Å². The molecule has 1 aliphatic heterocycles. The van der Waals surface area contributed by atoms with Crippen LogP contribution in [0, 0.1) is 0 Å². The number of hydrogen-bond donors (Lipinski definition) is 0. The molecule has 0 N–H and O–H groups in total. The summed E-state index contributed by atoms with van der Waals surface area (Å²) in [5.74, 6) is 0.703. The molecule has 0 bridgehead atoms. The second kappa shape index (κ2) is 7.14. The van der Waals surface area contributed by atoms with E-state index in [-0.39, 0.29) is 18.1 Å². The van der Waals surface area contributed by atoms with Crippen molar-refractivity contribution in [1.29, 1.82) is 0 Å². The molecule has 0 saturated carbocycles. The van der Waals surface area contributed by atoms with Gasteiger partial charge in [0.15, 0.2) is 0 Å². The summed E-state index contributed by atoms with van der Waals surface area (Å²) in [6, 6.07) is 5.94. The summed E-state index contributed by atoms with van der Waals surface area (Å²) in [6.07, 6.45) is 0.873. The Hall–Kier alpha value is -1.26. The van der Waals surface area contributed by atoms with E-state index in [0.29, 0.717) is 19.7 Å². The zero-order valence-electron chi connectivity index (χ0n) is 12.8. The minimum atomic E-state index is -0.190. The van der Waals surface area contributed by atoms with Gasteiger partial charge in [-0.05, 0) is 44.5 Å². The summed E-state index contributed by atoms with van der Waals surface area (Å²) in [7, 11) is 0. The Balaban J connectivity index is 1.95. The molecule has 0 aliphatic carbocycles. The molecule has 1 atom stereocenters. The van der Waals surface area contributed by atoms with Crippen LogP contribution >= 0.6 is 11.6 Å². The van der Waals surface area contributed by atoms with Crippen LogP contribution in [0.4, 0.5) is 0 Å². The molecule has 0 saturated heterocycles. The molecular weight excluding hydrogens is 290 g/mol. The molecule has 1 aromatic carbocycles. The SMILES string of the molecule is CCOC(=O)CN(CC1Cc2cc(Cl)ccc2O1)C(C)C. The topological polar surface area (TPSA) is 38.8 Å². The quantitative estimate of drug-likeness (QED) is 0.757. The third kappa shape index (κ3) is 4.35. The summed E-state index contributed by atoms with van der Waals surface area (Å²) in [5.41, 5.74) is 1.13. The van der Waals surface area contributed by atoms with E-state index >= 15 is 0 Å². The molecule has 0 spiro atoms. The first-order valence-electron chi connectivity index (χ1n) is 7.34. The maximum Gasteiger partial charge on any atom is 0.320 e. The highest BCUT2D eigenvalue weighted by Gasteiger charge is 2.27. The predicted octanol–water partition coefficient (Wildman–Crippen LogP) is 2.92. The highest BCUT2D eigenvalue weighted by Crippen LogP contribution is 2.31. The van der Waals surface area contributed by atoms with E-state index < -0.39 is 0 Å². The van der Waals surface area contributed by atoms with Crippen LogP contribution in [-0.2, 0) is 16.0 Å². The Morgan fingerprint density at radius 1 is 1.52 bits per heavy atom. The standard InChI is InChI=1S/C16H22ClNO3/c1-4-20-16(19)10-18(11(2)3)9-14-8-12-7-13(17)5-6-15(12)21-14/h5-7,11,14H,4,8-10H2,1-3H3. The first-order valence-corrected chi connectivity index (χ1v) is 7.72. The van der Waals surface area contributed by atoms with Gasteiger partial charge in [-0.3, -0.25) is 9.69 Å². The summed E-state index contributed by atoms with van der Waals surface area (Å²) >= 11 is 6.00. The van der Waals surface area contributed by atoms with Gasteiger partial charge >= 0.3 is 5.97 Å². The smallest absolute Gasteiger partial charge is 0.320 e. The molecule has 0 aromatic heterocycles. The summed E-state index contributed by atoms with van der Waals surface area (Å²) in [5, 5.41) is 0.727. The summed E-state index contributed by atoms with van der Waals surface area (Å²) in [6.45, 7) is 7.36. The second-order valence-electron chi connectivity index (χ2n) is 5.52.